The molecule has 3 rings (SSSR count). The molecule has 1 aliphatic heterocycles. The number of likely N-dealkylation sites (tertiary alicyclic amines) is 1. The highest BCUT2D eigenvalue weighted by molar-refractivity contribution is 5.67. The van der Waals surface area contributed by atoms with Crippen LogP contribution in [0.4, 0.5) is 13.6 Å². The third-order valence-electron chi connectivity index (χ3n) is 4.62. The molecule has 0 bridgehead atoms. The summed E-state index contributed by atoms with van der Waals surface area (Å²) in [7, 11) is 0. The van der Waals surface area contributed by atoms with E-state index in [-0.39, 0.29) is 31.8 Å². The molecule has 1 N–H and O–H groups in total. The minimum Gasteiger partial charge on any atom is -0.445 e. The van der Waals surface area contributed by atoms with E-state index in [1.807, 2.05) is 35.2 Å². The summed E-state index contributed by atoms with van der Waals surface area (Å²) in [5.41, 5.74) is 0.949. The van der Waals surface area contributed by atoms with E-state index in [1.165, 1.54) is 0 Å². The van der Waals surface area contributed by atoms with E-state index in [0.29, 0.717) is 0 Å². The van der Waals surface area contributed by atoms with Gasteiger partial charge in [-0.3, -0.25) is 4.90 Å². The topological polar surface area (TPSA) is 41.6 Å². The van der Waals surface area contributed by atoms with Crippen LogP contribution < -0.4 is 5.32 Å². The molecule has 1 heterocycles. The van der Waals surface area contributed by atoms with Gasteiger partial charge in [-0.05, 0) is 31.2 Å². The Kier molecular flexibility index (Phi) is 4.80. The Morgan fingerprint density at radius 2 is 1.83 bits per heavy atom. The predicted octanol–water partition coefficient (Wildman–Crippen LogP) is 3.17. The maximum absolute atomic E-state index is 12.9. The van der Waals surface area contributed by atoms with Crippen LogP contribution in [0.3, 0.4) is 0 Å². The maximum Gasteiger partial charge on any atom is 0.407 e. The first kappa shape index (κ1) is 16.2. The van der Waals surface area contributed by atoms with Crippen LogP contribution in [0.5, 0.6) is 0 Å². The van der Waals surface area contributed by atoms with Crippen molar-refractivity contribution in [2.45, 2.75) is 50.3 Å². The largest absolute Gasteiger partial charge is 0.445 e. The van der Waals surface area contributed by atoms with Gasteiger partial charge >= 0.3 is 6.09 Å². The normalized spacial score (nSPS) is 27.0. The third-order valence-corrected chi connectivity index (χ3v) is 4.62. The molecule has 2 fully saturated rings. The van der Waals surface area contributed by atoms with Crippen molar-refractivity contribution in [3.8, 4) is 0 Å². The van der Waals surface area contributed by atoms with Crippen LogP contribution in [0.15, 0.2) is 30.3 Å². The van der Waals surface area contributed by atoms with Crippen molar-refractivity contribution >= 4 is 6.09 Å². The fraction of sp³-hybridized carbons (Fsp3) is 0.588. The number of amides is 1. The molecule has 0 atom stereocenters. The van der Waals surface area contributed by atoms with E-state index in [2.05, 4.69) is 5.32 Å². The van der Waals surface area contributed by atoms with Crippen LogP contribution >= 0.6 is 0 Å². The molecule has 0 unspecified atom stereocenters. The Hall–Kier alpha value is -1.69. The average molecular weight is 324 g/mol. The average Bonchev–Trinajstić information content (AvgIpc) is 2.52. The van der Waals surface area contributed by atoms with Crippen molar-refractivity contribution in [3.05, 3.63) is 35.9 Å². The quantitative estimate of drug-likeness (QED) is 0.925. The van der Waals surface area contributed by atoms with Gasteiger partial charge < -0.3 is 10.1 Å². The van der Waals surface area contributed by atoms with Gasteiger partial charge in [-0.1, -0.05) is 30.3 Å². The van der Waals surface area contributed by atoms with Crippen molar-refractivity contribution in [2.24, 2.45) is 0 Å². The molecule has 1 aromatic carbocycles. The molecule has 1 aliphatic carbocycles. The Bertz CT molecular complexity index is 523. The molecular weight excluding hydrogens is 302 g/mol. The number of halogens is 2. The second-order valence-electron chi connectivity index (χ2n) is 6.47. The van der Waals surface area contributed by atoms with Gasteiger partial charge in [0.2, 0.25) is 0 Å². The molecule has 6 heteroatoms. The molecule has 1 saturated heterocycles. The van der Waals surface area contributed by atoms with E-state index in [4.69, 9.17) is 4.74 Å². The number of benzene rings is 1. The zero-order valence-electron chi connectivity index (χ0n) is 13.0. The number of hydrogen-bond donors (Lipinski definition) is 1. The van der Waals surface area contributed by atoms with Gasteiger partial charge in [0.1, 0.15) is 6.61 Å². The summed E-state index contributed by atoms with van der Waals surface area (Å²) in [6.45, 7) is 0.0225. The maximum atomic E-state index is 12.9. The number of ether oxygens (including phenoxy) is 1. The highest BCUT2D eigenvalue weighted by Crippen LogP contribution is 2.33. The van der Waals surface area contributed by atoms with E-state index in [0.717, 1.165) is 31.2 Å². The Labute approximate surface area is 134 Å². The molecule has 4 nitrogen and oxygen atoms in total. The van der Waals surface area contributed by atoms with Gasteiger partial charge in [0.25, 0.3) is 5.92 Å². The smallest absolute Gasteiger partial charge is 0.407 e. The molecular formula is C17H22F2N2O2. The SMILES string of the molecule is O=C(N[C@H]1CC[C@H](N2CC(F)(F)C2)CC1)OCc1ccccc1. The number of nitrogens with one attached hydrogen (secondary N) is 1. The second kappa shape index (κ2) is 6.83. The van der Waals surface area contributed by atoms with Crippen molar-refractivity contribution < 1.29 is 18.3 Å². The number of carbonyl (C=O) groups excluding carboxylic acids is 1. The minimum absolute atomic E-state index is 0.0799. The number of hydrogen-bond acceptors (Lipinski definition) is 3. The lowest BCUT2D eigenvalue weighted by atomic mass is 9.88. The van der Waals surface area contributed by atoms with Gasteiger partial charge in [-0.2, -0.15) is 0 Å². The van der Waals surface area contributed by atoms with Crippen LogP contribution in [0.2, 0.25) is 0 Å². The van der Waals surface area contributed by atoms with E-state index >= 15 is 0 Å². The molecule has 1 saturated carbocycles. The summed E-state index contributed by atoms with van der Waals surface area (Å²) in [5, 5.41) is 2.87. The van der Waals surface area contributed by atoms with Gasteiger partial charge in [0.15, 0.2) is 0 Å². The summed E-state index contributed by atoms with van der Waals surface area (Å²) in [6, 6.07) is 9.83. The summed E-state index contributed by atoms with van der Waals surface area (Å²) in [6.07, 6.45) is 2.91. The van der Waals surface area contributed by atoms with Crippen LogP contribution in [0, 0.1) is 0 Å². The summed E-state index contributed by atoms with van der Waals surface area (Å²) >= 11 is 0. The number of alkyl carbamates (subject to hydrolysis) is 1. The molecule has 0 aromatic heterocycles. The number of carbonyl (C=O) groups is 1. The van der Waals surface area contributed by atoms with Gasteiger partial charge in [-0.25, -0.2) is 13.6 Å². The monoisotopic (exact) mass is 324 g/mol. The molecule has 0 radical (unpaired) electrons. The molecule has 1 aromatic rings. The van der Waals surface area contributed by atoms with E-state index in [1.54, 1.807) is 0 Å². The standard InChI is InChI=1S/C17H22F2N2O2/c18-17(19)11-21(12-17)15-8-6-14(7-9-15)20-16(22)23-10-13-4-2-1-3-5-13/h1-5,14-15H,6-12H2,(H,20,22)/t14-,15-. The van der Waals surface area contributed by atoms with Crippen LogP contribution in [-0.4, -0.2) is 42.1 Å². The Morgan fingerprint density at radius 3 is 2.43 bits per heavy atom. The second-order valence-corrected chi connectivity index (χ2v) is 6.47. The predicted molar refractivity (Wildman–Crippen MR) is 82.3 cm³/mol. The van der Waals surface area contributed by atoms with Crippen molar-refractivity contribution in [3.63, 3.8) is 0 Å². The summed E-state index contributed by atoms with van der Waals surface area (Å²) in [4.78, 5) is 13.7. The summed E-state index contributed by atoms with van der Waals surface area (Å²) < 4.78 is 31.0. The zero-order chi connectivity index (χ0) is 16.3. The Morgan fingerprint density at radius 1 is 1.17 bits per heavy atom. The highest BCUT2D eigenvalue weighted by atomic mass is 19.3. The van der Waals surface area contributed by atoms with E-state index in [9.17, 15) is 13.6 Å². The number of rotatable bonds is 4. The van der Waals surface area contributed by atoms with Crippen molar-refractivity contribution in [2.75, 3.05) is 13.1 Å². The number of alkyl halides is 2. The fourth-order valence-electron chi connectivity index (χ4n) is 3.32. The van der Waals surface area contributed by atoms with Crippen LogP contribution in [0.1, 0.15) is 31.2 Å². The fourth-order valence-corrected chi connectivity index (χ4v) is 3.32. The minimum atomic E-state index is -2.50. The lowest BCUT2D eigenvalue weighted by Gasteiger charge is -2.46. The first-order valence-electron chi connectivity index (χ1n) is 8.11. The first-order chi connectivity index (χ1) is 11.0. The van der Waals surface area contributed by atoms with Crippen LogP contribution in [0.25, 0.3) is 0 Å². The summed E-state index contributed by atoms with van der Waals surface area (Å²) in [5.74, 6) is -2.50. The molecule has 126 valence electrons. The van der Waals surface area contributed by atoms with Gasteiger partial charge in [0.05, 0.1) is 13.1 Å². The van der Waals surface area contributed by atoms with Crippen molar-refractivity contribution in [1.29, 1.82) is 0 Å². The van der Waals surface area contributed by atoms with Crippen LogP contribution in [-0.2, 0) is 11.3 Å². The third kappa shape index (κ3) is 4.41. The molecule has 23 heavy (non-hydrogen) atoms. The first-order valence-corrected chi connectivity index (χ1v) is 8.11. The van der Waals surface area contributed by atoms with Crippen molar-refractivity contribution in [1.82, 2.24) is 10.2 Å². The zero-order valence-corrected chi connectivity index (χ0v) is 13.0. The highest BCUT2D eigenvalue weighted by Gasteiger charge is 2.46. The lowest BCUT2D eigenvalue weighted by molar-refractivity contribution is -0.150. The van der Waals surface area contributed by atoms with Gasteiger partial charge in [-0.15, -0.1) is 0 Å². The molecule has 0 spiro atoms. The molecule has 2 aliphatic rings. The number of nitrogens with zero attached hydrogens (tertiary/aromatic N) is 1. The molecule has 1 amide bonds. The van der Waals surface area contributed by atoms with Gasteiger partial charge in [0, 0.05) is 12.1 Å². The van der Waals surface area contributed by atoms with E-state index < -0.39 is 12.0 Å². The lowest BCUT2D eigenvalue weighted by Crippen LogP contribution is -2.60. The Balaban J connectivity index is 1.35.